The number of ketones is 1. The van der Waals surface area contributed by atoms with E-state index in [0.29, 0.717) is 11.3 Å². The van der Waals surface area contributed by atoms with Crippen molar-refractivity contribution in [2.24, 2.45) is 11.8 Å². The highest BCUT2D eigenvalue weighted by molar-refractivity contribution is 6.24. The van der Waals surface area contributed by atoms with Crippen LogP contribution < -0.4 is 4.90 Å². The Morgan fingerprint density at radius 2 is 1.59 bits per heavy atom. The largest absolute Gasteiger partial charge is 0.292 e. The summed E-state index contributed by atoms with van der Waals surface area (Å²) < 4.78 is 0. The first kappa shape index (κ1) is 18.3. The van der Waals surface area contributed by atoms with Crippen molar-refractivity contribution in [3.63, 3.8) is 0 Å². The van der Waals surface area contributed by atoms with Gasteiger partial charge in [-0.25, -0.2) is 4.90 Å². The molecule has 5 heteroatoms. The average molecular weight is 388 g/mol. The number of anilines is 1. The standard InChI is InChI=1S/C24H24N2O3/c1-14-11-15(2)13-17(12-14)26-23(28)19-18-9-6-10-25(18)21(20(19)24(26)29)22(27)16-7-4-3-5-8-16/h3-5,7-8,11-13,18-21H,6,9-10H2,1-2H3. The van der Waals surface area contributed by atoms with Gasteiger partial charge in [0.15, 0.2) is 5.78 Å². The number of Topliss-reactive ketones (excluding diaryl/α,β-unsaturated/α-hetero) is 1. The van der Waals surface area contributed by atoms with Crippen molar-refractivity contribution >= 4 is 23.3 Å². The highest BCUT2D eigenvalue weighted by atomic mass is 16.2. The van der Waals surface area contributed by atoms with E-state index >= 15 is 0 Å². The minimum absolute atomic E-state index is 0.0231. The van der Waals surface area contributed by atoms with Crippen molar-refractivity contribution in [3.05, 3.63) is 65.2 Å². The smallest absolute Gasteiger partial charge is 0.239 e. The molecule has 3 fully saturated rings. The molecule has 0 spiro atoms. The molecular weight excluding hydrogens is 364 g/mol. The summed E-state index contributed by atoms with van der Waals surface area (Å²) in [6, 6.07) is 14.3. The molecule has 2 aromatic carbocycles. The van der Waals surface area contributed by atoms with Gasteiger partial charge in [0, 0.05) is 11.6 Å². The van der Waals surface area contributed by atoms with Crippen LogP contribution in [0.4, 0.5) is 5.69 Å². The van der Waals surface area contributed by atoms with Gasteiger partial charge in [0.2, 0.25) is 11.8 Å². The molecule has 2 aromatic rings. The number of nitrogens with zero attached hydrogens (tertiary/aromatic N) is 2. The molecule has 0 saturated carbocycles. The van der Waals surface area contributed by atoms with Crippen LogP contribution in [-0.4, -0.2) is 41.1 Å². The van der Waals surface area contributed by atoms with Gasteiger partial charge >= 0.3 is 0 Å². The summed E-state index contributed by atoms with van der Waals surface area (Å²) in [5.41, 5.74) is 3.25. The summed E-state index contributed by atoms with van der Waals surface area (Å²) in [4.78, 5) is 43.8. The van der Waals surface area contributed by atoms with E-state index in [4.69, 9.17) is 0 Å². The van der Waals surface area contributed by atoms with E-state index in [0.717, 1.165) is 30.5 Å². The number of aryl methyl sites for hydroxylation is 2. The van der Waals surface area contributed by atoms with Crippen LogP contribution in [0.1, 0.15) is 34.3 Å². The molecule has 0 aliphatic carbocycles. The lowest BCUT2D eigenvalue weighted by molar-refractivity contribution is -0.123. The first-order chi connectivity index (χ1) is 14.0. The third-order valence-electron chi connectivity index (χ3n) is 6.64. The molecule has 148 valence electrons. The second-order valence-electron chi connectivity index (χ2n) is 8.53. The second kappa shape index (κ2) is 6.63. The zero-order chi connectivity index (χ0) is 20.3. The predicted molar refractivity (Wildman–Crippen MR) is 110 cm³/mol. The second-order valence-corrected chi connectivity index (χ2v) is 8.53. The Hall–Kier alpha value is -2.79. The van der Waals surface area contributed by atoms with Gasteiger partial charge in [-0.2, -0.15) is 0 Å². The van der Waals surface area contributed by atoms with E-state index in [2.05, 4.69) is 4.90 Å². The molecule has 0 aromatic heterocycles. The number of fused-ring (bicyclic) bond motifs is 3. The highest BCUT2D eigenvalue weighted by Gasteiger charge is 2.64. The fourth-order valence-corrected chi connectivity index (χ4v) is 5.62. The minimum atomic E-state index is -0.596. The van der Waals surface area contributed by atoms with Gasteiger partial charge in [-0.15, -0.1) is 0 Å². The summed E-state index contributed by atoms with van der Waals surface area (Å²) in [6.07, 6.45) is 1.82. The van der Waals surface area contributed by atoms with Crippen molar-refractivity contribution < 1.29 is 14.4 Å². The number of benzene rings is 2. The molecule has 3 aliphatic rings. The summed E-state index contributed by atoms with van der Waals surface area (Å²) in [7, 11) is 0. The molecule has 4 unspecified atom stereocenters. The van der Waals surface area contributed by atoms with Crippen LogP contribution in [0.3, 0.4) is 0 Å². The molecule has 0 bridgehead atoms. The van der Waals surface area contributed by atoms with Gasteiger partial charge in [-0.1, -0.05) is 36.4 Å². The highest BCUT2D eigenvalue weighted by Crippen LogP contribution is 2.48. The molecule has 3 saturated heterocycles. The Labute approximate surface area is 170 Å². The fraction of sp³-hybridized carbons (Fsp3) is 0.375. The van der Waals surface area contributed by atoms with E-state index in [9.17, 15) is 14.4 Å². The predicted octanol–water partition coefficient (Wildman–Crippen LogP) is 3.14. The van der Waals surface area contributed by atoms with Gasteiger partial charge in [0.1, 0.15) is 0 Å². The van der Waals surface area contributed by atoms with Gasteiger partial charge < -0.3 is 0 Å². The SMILES string of the molecule is Cc1cc(C)cc(N2C(=O)C3C(C2=O)C(C(=O)c2ccccc2)N2CCCC32)c1. The Bertz CT molecular complexity index is 996. The maximum absolute atomic E-state index is 13.5. The molecule has 0 N–H and O–H groups in total. The lowest BCUT2D eigenvalue weighted by atomic mass is 9.85. The number of hydrogen-bond donors (Lipinski definition) is 0. The van der Waals surface area contributed by atoms with Gasteiger partial charge in [0.05, 0.1) is 23.6 Å². The van der Waals surface area contributed by atoms with Crippen LogP contribution in [-0.2, 0) is 9.59 Å². The van der Waals surface area contributed by atoms with Crippen molar-refractivity contribution in [1.82, 2.24) is 4.90 Å². The van der Waals surface area contributed by atoms with Crippen LogP contribution in [0, 0.1) is 25.7 Å². The fourth-order valence-electron chi connectivity index (χ4n) is 5.62. The summed E-state index contributed by atoms with van der Waals surface area (Å²) in [6.45, 7) is 4.69. The van der Waals surface area contributed by atoms with Crippen molar-refractivity contribution in [3.8, 4) is 0 Å². The monoisotopic (exact) mass is 388 g/mol. The Morgan fingerprint density at radius 3 is 2.28 bits per heavy atom. The number of amides is 2. The zero-order valence-corrected chi connectivity index (χ0v) is 16.7. The zero-order valence-electron chi connectivity index (χ0n) is 16.7. The minimum Gasteiger partial charge on any atom is -0.292 e. The molecule has 3 aliphatic heterocycles. The number of carbonyl (C=O) groups excluding carboxylic acids is 3. The topological polar surface area (TPSA) is 57.7 Å². The normalized spacial score (nSPS) is 28.7. The Morgan fingerprint density at radius 1 is 0.931 bits per heavy atom. The number of carbonyl (C=O) groups is 3. The van der Waals surface area contributed by atoms with Gasteiger partial charge in [0.25, 0.3) is 0 Å². The van der Waals surface area contributed by atoms with Crippen LogP contribution in [0.25, 0.3) is 0 Å². The van der Waals surface area contributed by atoms with Crippen LogP contribution in [0.15, 0.2) is 48.5 Å². The lowest BCUT2D eigenvalue weighted by Crippen LogP contribution is -2.46. The van der Waals surface area contributed by atoms with Crippen molar-refractivity contribution in [2.75, 3.05) is 11.4 Å². The number of hydrogen-bond acceptors (Lipinski definition) is 4. The Kier molecular flexibility index (Phi) is 4.17. The number of rotatable bonds is 3. The lowest BCUT2D eigenvalue weighted by Gasteiger charge is -2.27. The number of imide groups is 1. The molecular formula is C24H24N2O3. The van der Waals surface area contributed by atoms with E-state index in [-0.39, 0.29) is 23.6 Å². The quantitative estimate of drug-likeness (QED) is 0.599. The third kappa shape index (κ3) is 2.68. The van der Waals surface area contributed by atoms with E-state index in [1.54, 1.807) is 12.1 Å². The molecule has 29 heavy (non-hydrogen) atoms. The summed E-state index contributed by atoms with van der Waals surface area (Å²) in [5, 5.41) is 0. The first-order valence-electron chi connectivity index (χ1n) is 10.3. The molecule has 5 nitrogen and oxygen atoms in total. The van der Waals surface area contributed by atoms with Crippen molar-refractivity contribution in [2.45, 2.75) is 38.8 Å². The van der Waals surface area contributed by atoms with E-state index in [1.807, 2.05) is 50.2 Å². The van der Waals surface area contributed by atoms with Gasteiger partial charge in [-0.3, -0.25) is 19.3 Å². The molecule has 0 radical (unpaired) electrons. The summed E-state index contributed by atoms with van der Waals surface area (Å²) >= 11 is 0. The average Bonchev–Trinajstić information content (AvgIpc) is 3.33. The van der Waals surface area contributed by atoms with Gasteiger partial charge in [-0.05, 0) is 56.5 Å². The third-order valence-corrected chi connectivity index (χ3v) is 6.64. The van der Waals surface area contributed by atoms with Crippen molar-refractivity contribution in [1.29, 1.82) is 0 Å². The molecule has 2 amide bonds. The molecule has 4 atom stereocenters. The molecule has 5 rings (SSSR count). The molecule has 3 heterocycles. The maximum Gasteiger partial charge on any atom is 0.239 e. The van der Waals surface area contributed by atoms with Crippen LogP contribution in [0.2, 0.25) is 0 Å². The van der Waals surface area contributed by atoms with Crippen LogP contribution in [0.5, 0.6) is 0 Å². The van der Waals surface area contributed by atoms with E-state index in [1.165, 1.54) is 4.90 Å². The summed E-state index contributed by atoms with van der Waals surface area (Å²) in [5.74, 6) is -1.45. The Balaban J connectivity index is 1.57. The van der Waals surface area contributed by atoms with Crippen LogP contribution >= 0.6 is 0 Å². The first-order valence-corrected chi connectivity index (χ1v) is 10.3. The van der Waals surface area contributed by atoms with E-state index < -0.39 is 17.9 Å². The maximum atomic E-state index is 13.5.